The maximum atomic E-state index is 13.2. The zero-order valence-corrected chi connectivity index (χ0v) is 15.3. The van der Waals surface area contributed by atoms with Gasteiger partial charge in [-0.15, -0.1) is 0 Å². The van der Waals surface area contributed by atoms with Crippen LogP contribution >= 0.6 is 0 Å². The molecule has 0 aliphatic heterocycles. The van der Waals surface area contributed by atoms with Crippen LogP contribution < -0.4 is 11.1 Å². The lowest BCUT2D eigenvalue weighted by molar-refractivity contribution is -0.137. The van der Waals surface area contributed by atoms with Crippen molar-refractivity contribution < 1.29 is 22.4 Å². The Bertz CT molecular complexity index is 1030. The molecule has 0 aliphatic carbocycles. The number of carbonyl (C=O) groups excluding carboxylic acids is 1. The first-order valence-corrected chi connectivity index (χ1v) is 8.77. The van der Waals surface area contributed by atoms with E-state index in [1.54, 1.807) is 6.92 Å². The summed E-state index contributed by atoms with van der Waals surface area (Å²) in [5.41, 5.74) is 5.27. The second-order valence-corrected chi connectivity index (χ2v) is 6.65. The predicted molar refractivity (Wildman–Crippen MR) is 97.4 cm³/mol. The van der Waals surface area contributed by atoms with Gasteiger partial charge in [0.15, 0.2) is 11.5 Å². The number of aromatic amines is 1. The third-order valence-corrected chi connectivity index (χ3v) is 4.28. The van der Waals surface area contributed by atoms with Crippen LogP contribution in [-0.4, -0.2) is 31.9 Å². The number of amides is 1. The quantitative estimate of drug-likeness (QED) is 0.541. The number of anilines is 1. The number of aromatic nitrogens is 4. The number of nitrogens with one attached hydrogen (secondary N) is 2. The van der Waals surface area contributed by atoms with Gasteiger partial charge in [0.1, 0.15) is 11.6 Å². The number of imidazole rings is 1. The van der Waals surface area contributed by atoms with Crippen molar-refractivity contribution in [3.05, 3.63) is 47.3 Å². The van der Waals surface area contributed by atoms with Crippen LogP contribution in [0.4, 0.5) is 23.4 Å². The van der Waals surface area contributed by atoms with Gasteiger partial charge in [-0.25, -0.2) is 19.3 Å². The van der Waals surface area contributed by atoms with Gasteiger partial charge >= 0.3 is 6.18 Å². The number of nitrogen functional groups attached to an aromatic ring is 1. The van der Waals surface area contributed by atoms with Crippen molar-refractivity contribution in [1.82, 2.24) is 25.3 Å². The van der Waals surface area contributed by atoms with Crippen molar-refractivity contribution in [3.8, 4) is 0 Å². The number of hydrogen-bond acceptors (Lipinski definition) is 5. The molecule has 4 N–H and O–H groups in total. The molecule has 0 aliphatic rings. The fourth-order valence-electron chi connectivity index (χ4n) is 2.84. The van der Waals surface area contributed by atoms with E-state index in [0.717, 1.165) is 12.3 Å². The maximum Gasteiger partial charge on any atom is 0.419 e. The number of hydrogen-bond donors (Lipinski definition) is 3. The molecule has 3 rings (SSSR count). The van der Waals surface area contributed by atoms with Crippen molar-refractivity contribution in [1.29, 1.82) is 0 Å². The Labute approximate surface area is 162 Å². The molecule has 3 aromatic heterocycles. The minimum Gasteiger partial charge on any atom is -0.383 e. The van der Waals surface area contributed by atoms with Gasteiger partial charge in [0.2, 0.25) is 0 Å². The Morgan fingerprint density at radius 3 is 2.76 bits per heavy atom. The lowest BCUT2D eigenvalue weighted by Gasteiger charge is -2.14. The van der Waals surface area contributed by atoms with Crippen LogP contribution in [0.1, 0.15) is 41.5 Å². The normalized spacial score (nSPS) is 12.9. The predicted octanol–water partition coefficient (Wildman–Crippen LogP) is 3.23. The Balaban J connectivity index is 1.54. The van der Waals surface area contributed by atoms with E-state index in [9.17, 15) is 22.4 Å². The third-order valence-electron chi connectivity index (χ3n) is 4.28. The molecule has 0 saturated carbocycles. The van der Waals surface area contributed by atoms with Gasteiger partial charge in [-0.1, -0.05) is 0 Å². The van der Waals surface area contributed by atoms with Gasteiger partial charge < -0.3 is 16.0 Å². The minimum absolute atomic E-state index is 0.00232. The van der Waals surface area contributed by atoms with Gasteiger partial charge in [0.05, 0.1) is 17.3 Å². The number of rotatable bonds is 6. The number of alkyl halides is 3. The van der Waals surface area contributed by atoms with Crippen LogP contribution in [-0.2, 0) is 12.6 Å². The molecule has 0 aromatic carbocycles. The first-order chi connectivity index (χ1) is 13.6. The van der Waals surface area contributed by atoms with Crippen molar-refractivity contribution in [3.63, 3.8) is 0 Å². The summed E-state index contributed by atoms with van der Waals surface area (Å²) < 4.78 is 51.8. The van der Waals surface area contributed by atoms with E-state index in [2.05, 4.69) is 25.3 Å². The average molecular weight is 410 g/mol. The van der Waals surface area contributed by atoms with Crippen LogP contribution in [0, 0.1) is 5.82 Å². The lowest BCUT2D eigenvalue weighted by atomic mass is 10.0. The molecular weight excluding hydrogens is 392 g/mol. The van der Waals surface area contributed by atoms with Crippen LogP contribution in [0.15, 0.2) is 24.5 Å². The zero-order valence-electron chi connectivity index (χ0n) is 15.3. The number of nitrogens with zero attached hydrogens (tertiary/aromatic N) is 3. The molecule has 0 spiro atoms. The first kappa shape index (κ1) is 20.5. The average Bonchev–Trinajstić information content (AvgIpc) is 3.05. The van der Waals surface area contributed by atoms with Gasteiger partial charge in [-0.3, -0.25) is 4.79 Å². The van der Waals surface area contributed by atoms with E-state index in [-0.39, 0.29) is 17.5 Å². The number of pyridine rings is 2. The van der Waals surface area contributed by atoms with Crippen molar-refractivity contribution >= 4 is 22.9 Å². The molecule has 0 bridgehead atoms. The van der Waals surface area contributed by atoms with Crippen molar-refractivity contribution in [2.24, 2.45) is 0 Å². The Kier molecular flexibility index (Phi) is 5.66. The highest BCUT2D eigenvalue weighted by Gasteiger charge is 2.33. The molecule has 3 aromatic rings. The molecule has 0 saturated heterocycles. The zero-order chi connectivity index (χ0) is 21.2. The number of H-pyrrole nitrogens is 1. The second-order valence-electron chi connectivity index (χ2n) is 6.65. The highest BCUT2D eigenvalue weighted by molar-refractivity contribution is 5.93. The van der Waals surface area contributed by atoms with Crippen LogP contribution in [0.5, 0.6) is 0 Å². The molecule has 0 fully saturated rings. The second kappa shape index (κ2) is 8.02. The third kappa shape index (κ3) is 4.98. The summed E-state index contributed by atoms with van der Waals surface area (Å²) in [4.78, 5) is 26.3. The fourth-order valence-corrected chi connectivity index (χ4v) is 2.84. The highest BCUT2D eigenvalue weighted by Crippen LogP contribution is 2.33. The maximum absolute atomic E-state index is 13.2. The van der Waals surface area contributed by atoms with E-state index >= 15 is 0 Å². The summed E-state index contributed by atoms with van der Waals surface area (Å²) in [5, 5.41) is 2.73. The van der Waals surface area contributed by atoms with Gasteiger partial charge in [0.25, 0.3) is 5.91 Å². The Hall–Kier alpha value is -3.24. The number of halogens is 4. The van der Waals surface area contributed by atoms with E-state index in [0.29, 0.717) is 30.3 Å². The van der Waals surface area contributed by atoms with Crippen molar-refractivity contribution in [2.75, 3.05) is 5.73 Å². The van der Waals surface area contributed by atoms with Crippen molar-refractivity contribution in [2.45, 2.75) is 38.4 Å². The summed E-state index contributed by atoms with van der Waals surface area (Å²) in [5.74, 6) is -1.58. The number of nitrogens with two attached hydrogens (primary N) is 1. The SMILES string of the molecule is C[C@@H](CCCc1cnc(N)c(C(F)(F)F)c1)NC(=O)c1nc2ncc(F)cc2[nH]1. The topological polar surface area (TPSA) is 110 Å². The molecule has 29 heavy (non-hydrogen) atoms. The standard InChI is InChI=1S/C18H18F4N6O/c1-9(3-2-4-10-5-12(18(20,21)22)14(23)24-7-10)26-17(29)16-27-13-6-11(19)8-25-15(13)28-16/h5-9H,2-4H2,1H3,(H2,23,24)(H,26,29)(H,25,27,28)/t9-/m0/s1. The summed E-state index contributed by atoms with van der Waals surface area (Å²) >= 11 is 0. The van der Waals surface area contributed by atoms with E-state index in [1.807, 2.05) is 0 Å². The Morgan fingerprint density at radius 1 is 1.28 bits per heavy atom. The summed E-state index contributed by atoms with van der Waals surface area (Å²) in [7, 11) is 0. The lowest BCUT2D eigenvalue weighted by Crippen LogP contribution is -2.33. The smallest absolute Gasteiger partial charge is 0.383 e. The van der Waals surface area contributed by atoms with Crippen LogP contribution in [0.3, 0.4) is 0 Å². The van der Waals surface area contributed by atoms with Gasteiger partial charge in [-0.2, -0.15) is 13.2 Å². The molecule has 154 valence electrons. The Morgan fingerprint density at radius 2 is 2.03 bits per heavy atom. The molecule has 1 amide bonds. The fraction of sp³-hybridized carbons (Fsp3) is 0.333. The largest absolute Gasteiger partial charge is 0.419 e. The van der Waals surface area contributed by atoms with Crippen LogP contribution in [0.25, 0.3) is 11.2 Å². The van der Waals surface area contributed by atoms with E-state index in [4.69, 9.17) is 5.73 Å². The number of aryl methyl sites for hydroxylation is 1. The molecule has 7 nitrogen and oxygen atoms in total. The molecule has 11 heteroatoms. The highest BCUT2D eigenvalue weighted by atomic mass is 19.4. The number of fused-ring (bicyclic) bond motifs is 1. The minimum atomic E-state index is -4.56. The van der Waals surface area contributed by atoms with E-state index < -0.39 is 29.3 Å². The molecule has 1 atom stereocenters. The molecule has 3 heterocycles. The first-order valence-electron chi connectivity index (χ1n) is 8.77. The molecule has 0 unspecified atom stereocenters. The van der Waals surface area contributed by atoms with E-state index in [1.165, 1.54) is 12.3 Å². The van der Waals surface area contributed by atoms with Gasteiger partial charge in [0, 0.05) is 18.3 Å². The molecule has 0 radical (unpaired) electrons. The monoisotopic (exact) mass is 410 g/mol. The number of carbonyl (C=O) groups is 1. The summed E-state index contributed by atoms with van der Waals surface area (Å²) in [6.07, 6.45) is -0.844. The van der Waals surface area contributed by atoms with Crippen LogP contribution in [0.2, 0.25) is 0 Å². The summed E-state index contributed by atoms with van der Waals surface area (Å²) in [6, 6.07) is 1.92. The van der Waals surface area contributed by atoms with Gasteiger partial charge in [-0.05, 0) is 37.8 Å². The molecular formula is C18H18F4N6O. The summed E-state index contributed by atoms with van der Waals surface area (Å²) in [6.45, 7) is 1.76.